The summed E-state index contributed by atoms with van der Waals surface area (Å²) in [5, 5.41) is 2.90. The number of methoxy groups -OCH3 is 1. The van der Waals surface area contributed by atoms with E-state index < -0.39 is 14.8 Å². The van der Waals surface area contributed by atoms with Crippen molar-refractivity contribution in [1.29, 1.82) is 0 Å². The van der Waals surface area contributed by atoms with Gasteiger partial charge >= 0.3 is 5.97 Å². The van der Waals surface area contributed by atoms with E-state index in [4.69, 9.17) is 0 Å². The summed E-state index contributed by atoms with van der Waals surface area (Å²) in [6.07, 6.45) is 2.68. The summed E-state index contributed by atoms with van der Waals surface area (Å²) in [5.41, 5.74) is 1.41. The quantitative estimate of drug-likeness (QED) is 0.702. The van der Waals surface area contributed by atoms with E-state index in [0.29, 0.717) is 31.4 Å². The number of anilines is 1. The number of esters is 1. The van der Waals surface area contributed by atoms with Gasteiger partial charge in [-0.15, -0.1) is 0 Å². The van der Waals surface area contributed by atoms with Gasteiger partial charge in [0.05, 0.1) is 18.3 Å². The first-order valence-corrected chi connectivity index (χ1v) is 11.0. The number of rotatable bonds is 6. The minimum Gasteiger partial charge on any atom is -0.469 e. The molecule has 2 N–H and O–H groups in total. The van der Waals surface area contributed by atoms with Crippen molar-refractivity contribution >= 4 is 27.6 Å². The third-order valence-electron chi connectivity index (χ3n) is 5.00. The SMILES string of the molecule is COC(=O)Cc1cccc(NC(=O)[C@H]2CC[C@H](NS(=O)(=O)C(C)(C)C)CC2)c1. The lowest BCUT2D eigenvalue weighted by molar-refractivity contribution is -0.139. The van der Waals surface area contributed by atoms with Crippen molar-refractivity contribution in [3.63, 3.8) is 0 Å². The predicted molar refractivity (Wildman–Crippen MR) is 108 cm³/mol. The Hall–Kier alpha value is -1.93. The molecule has 1 aromatic carbocycles. The maximum atomic E-state index is 12.6. The summed E-state index contributed by atoms with van der Waals surface area (Å²) in [6.45, 7) is 5.01. The largest absolute Gasteiger partial charge is 0.469 e. The fraction of sp³-hybridized carbons (Fsp3) is 0.600. The van der Waals surface area contributed by atoms with Crippen LogP contribution in [-0.2, 0) is 30.8 Å². The number of carbonyl (C=O) groups excluding carboxylic acids is 2. The minimum absolute atomic E-state index is 0.0765. The van der Waals surface area contributed by atoms with Crippen LogP contribution in [0.25, 0.3) is 0 Å². The van der Waals surface area contributed by atoms with E-state index in [1.54, 1.807) is 45.0 Å². The Labute approximate surface area is 167 Å². The van der Waals surface area contributed by atoms with Gasteiger partial charge in [0.15, 0.2) is 0 Å². The lowest BCUT2D eigenvalue weighted by Crippen LogP contribution is -2.46. The topological polar surface area (TPSA) is 102 Å². The highest BCUT2D eigenvalue weighted by atomic mass is 32.2. The molecule has 1 aliphatic carbocycles. The molecule has 0 heterocycles. The molecular weight excluding hydrogens is 380 g/mol. The van der Waals surface area contributed by atoms with Gasteiger partial charge in [0, 0.05) is 17.6 Å². The van der Waals surface area contributed by atoms with Gasteiger partial charge in [0.25, 0.3) is 0 Å². The number of hydrogen-bond acceptors (Lipinski definition) is 5. The zero-order valence-corrected chi connectivity index (χ0v) is 17.8. The fourth-order valence-corrected chi connectivity index (χ4v) is 4.14. The number of nitrogens with one attached hydrogen (secondary N) is 2. The van der Waals surface area contributed by atoms with Crippen LogP contribution in [0.15, 0.2) is 24.3 Å². The Kier molecular flexibility index (Phi) is 7.22. The number of carbonyl (C=O) groups is 2. The van der Waals surface area contributed by atoms with Crippen molar-refractivity contribution in [3.05, 3.63) is 29.8 Å². The van der Waals surface area contributed by atoms with E-state index in [2.05, 4.69) is 14.8 Å². The molecule has 0 bridgehead atoms. The number of benzene rings is 1. The molecule has 156 valence electrons. The molecule has 0 saturated heterocycles. The normalized spacial score (nSPS) is 20.4. The van der Waals surface area contributed by atoms with Crippen molar-refractivity contribution in [1.82, 2.24) is 4.72 Å². The first kappa shape index (κ1) is 22.4. The summed E-state index contributed by atoms with van der Waals surface area (Å²) in [5.74, 6) is -0.563. The maximum absolute atomic E-state index is 12.6. The van der Waals surface area contributed by atoms with Crippen molar-refractivity contribution in [3.8, 4) is 0 Å². The van der Waals surface area contributed by atoms with Gasteiger partial charge in [-0.1, -0.05) is 12.1 Å². The van der Waals surface area contributed by atoms with Gasteiger partial charge in [-0.2, -0.15) is 0 Å². The first-order chi connectivity index (χ1) is 13.0. The molecule has 1 fully saturated rings. The predicted octanol–water partition coefficient (Wildman–Crippen LogP) is 2.62. The number of sulfonamides is 1. The Morgan fingerprint density at radius 3 is 2.36 bits per heavy atom. The molecule has 8 heteroatoms. The molecule has 0 atom stereocenters. The molecule has 7 nitrogen and oxygen atoms in total. The molecule has 0 aromatic heterocycles. The summed E-state index contributed by atoms with van der Waals surface area (Å²) in [6, 6.07) is 7.00. The highest BCUT2D eigenvalue weighted by Gasteiger charge is 2.34. The van der Waals surface area contributed by atoms with Crippen LogP contribution >= 0.6 is 0 Å². The molecule has 1 aliphatic rings. The molecule has 1 aromatic rings. The third-order valence-corrected chi connectivity index (χ3v) is 7.25. The molecule has 1 saturated carbocycles. The third kappa shape index (κ3) is 6.04. The van der Waals surface area contributed by atoms with Crippen LogP contribution in [0.1, 0.15) is 52.0 Å². The van der Waals surface area contributed by atoms with Crippen LogP contribution in [0.3, 0.4) is 0 Å². The van der Waals surface area contributed by atoms with Crippen LogP contribution < -0.4 is 10.0 Å². The number of hydrogen-bond donors (Lipinski definition) is 2. The van der Waals surface area contributed by atoms with Crippen LogP contribution in [0.5, 0.6) is 0 Å². The molecule has 0 spiro atoms. The van der Waals surface area contributed by atoms with E-state index in [9.17, 15) is 18.0 Å². The first-order valence-electron chi connectivity index (χ1n) is 9.50. The van der Waals surface area contributed by atoms with E-state index in [1.807, 2.05) is 0 Å². The molecule has 0 radical (unpaired) electrons. The Bertz CT molecular complexity index is 806. The van der Waals surface area contributed by atoms with Gasteiger partial charge in [-0.3, -0.25) is 9.59 Å². The Morgan fingerprint density at radius 2 is 1.79 bits per heavy atom. The molecule has 0 unspecified atom stereocenters. The van der Waals surface area contributed by atoms with Crippen LogP contribution in [0, 0.1) is 5.92 Å². The average molecular weight is 411 g/mol. The zero-order chi connectivity index (χ0) is 20.9. The maximum Gasteiger partial charge on any atom is 0.309 e. The summed E-state index contributed by atoms with van der Waals surface area (Å²) >= 11 is 0. The van der Waals surface area contributed by atoms with Crippen LogP contribution in [0.4, 0.5) is 5.69 Å². The van der Waals surface area contributed by atoms with Gasteiger partial charge < -0.3 is 10.1 Å². The second kappa shape index (κ2) is 9.05. The van der Waals surface area contributed by atoms with Crippen LogP contribution in [0.2, 0.25) is 0 Å². The number of ether oxygens (including phenoxy) is 1. The van der Waals surface area contributed by atoms with Gasteiger partial charge in [0.2, 0.25) is 15.9 Å². The standard InChI is InChI=1S/C20H30N2O5S/c1-20(2,3)28(25,26)22-16-10-8-15(9-11-16)19(24)21-17-7-5-6-14(12-17)13-18(23)27-4/h5-7,12,15-16,22H,8-11,13H2,1-4H3,(H,21,24)/t15-,16-. The molecule has 2 rings (SSSR count). The summed E-state index contributed by atoms with van der Waals surface area (Å²) in [4.78, 5) is 24.0. The van der Waals surface area contributed by atoms with Gasteiger partial charge in [-0.25, -0.2) is 13.1 Å². The summed E-state index contributed by atoms with van der Waals surface area (Å²) < 4.78 is 31.1. The van der Waals surface area contributed by atoms with E-state index in [-0.39, 0.29) is 30.3 Å². The second-order valence-electron chi connectivity index (χ2n) is 8.22. The second-order valence-corrected chi connectivity index (χ2v) is 10.7. The minimum atomic E-state index is -3.39. The van der Waals surface area contributed by atoms with Gasteiger partial charge in [-0.05, 0) is 64.2 Å². The Morgan fingerprint density at radius 1 is 1.14 bits per heavy atom. The highest BCUT2D eigenvalue weighted by molar-refractivity contribution is 7.90. The molecular formula is C20H30N2O5S. The smallest absolute Gasteiger partial charge is 0.309 e. The average Bonchev–Trinajstić information content (AvgIpc) is 2.61. The van der Waals surface area contributed by atoms with E-state index >= 15 is 0 Å². The number of amides is 1. The molecule has 0 aliphatic heterocycles. The van der Waals surface area contributed by atoms with Crippen molar-refractivity contribution < 1.29 is 22.7 Å². The van der Waals surface area contributed by atoms with Crippen molar-refractivity contribution in [2.24, 2.45) is 5.92 Å². The summed E-state index contributed by atoms with van der Waals surface area (Å²) in [7, 11) is -2.05. The Balaban J connectivity index is 1.89. The lowest BCUT2D eigenvalue weighted by atomic mass is 9.86. The zero-order valence-electron chi connectivity index (χ0n) is 16.9. The van der Waals surface area contributed by atoms with Crippen molar-refractivity contribution in [2.45, 2.75) is 63.7 Å². The van der Waals surface area contributed by atoms with Gasteiger partial charge in [0.1, 0.15) is 0 Å². The van der Waals surface area contributed by atoms with E-state index in [1.165, 1.54) is 7.11 Å². The molecule has 28 heavy (non-hydrogen) atoms. The lowest BCUT2D eigenvalue weighted by Gasteiger charge is -2.30. The van der Waals surface area contributed by atoms with Crippen molar-refractivity contribution in [2.75, 3.05) is 12.4 Å². The van der Waals surface area contributed by atoms with E-state index in [0.717, 1.165) is 5.56 Å². The highest BCUT2D eigenvalue weighted by Crippen LogP contribution is 2.27. The monoisotopic (exact) mass is 410 g/mol. The molecule has 1 amide bonds. The fourth-order valence-electron chi connectivity index (χ4n) is 3.11. The van der Waals surface area contributed by atoms with Crippen LogP contribution in [-0.4, -0.2) is 38.2 Å².